The van der Waals surface area contributed by atoms with Gasteiger partial charge in [0.1, 0.15) is 21.2 Å². The fraction of sp³-hybridized carbons (Fsp3) is 0.368. The lowest BCUT2D eigenvalue weighted by Gasteiger charge is -2.26. The summed E-state index contributed by atoms with van der Waals surface area (Å²) in [7, 11) is 0. The van der Waals surface area contributed by atoms with E-state index >= 15 is 0 Å². The zero-order valence-corrected chi connectivity index (χ0v) is 15.9. The summed E-state index contributed by atoms with van der Waals surface area (Å²) >= 11 is 1.30. The minimum absolute atomic E-state index is 0.192. The second-order valence-electron chi connectivity index (χ2n) is 6.82. The number of nitrogens with zero attached hydrogens (tertiary/aromatic N) is 3. The minimum atomic E-state index is -0.596. The number of carbonyl (C=O) groups excluding carboxylic acids is 1. The molecule has 1 N–H and O–H groups in total. The van der Waals surface area contributed by atoms with Crippen LogP contribution in [0.25, 0.3) is 10.6 Å². The molecular weight excluding hydrogens is 367 g/mol. The third kappa shape index (κ3) is 3.37. The molecule has 0 spiro atoms. The van der Waals surface area contributed by atoms with Crippen molar-refractivity contribution in [3.05, 3.63) is 52.4 Å². The van der Waals surface area contributed by atoms with Crippen LogP contribution >= 0.6 is 11.3 Å². The molecule has 3 aromatic rings. The number of benzene rings is 1. The van der Waals surface area contributed by atoms with Crippen LogP contribution in [-0.4, -0.2) is 21.0 Å². The number of thiazole rings is 1. The summed E-state index contributed by atoms with van der Waals surface area (Å²) in [6.45, 7) is 3.54. The van der Waals surface area contributed by atoms with Crippen LogP contribution in [0.15, 0.2) is 28.8 Å². The van der Waals surface area contributed by atoms with Gasteiger partial charge in [-0.15, -0.1) is 11.3 Å². The second-order valence-corrected chi connectivity index (χ2v) is 7.82. The number of halogens is 1. The van der Waals surface area contributed by atoms with Gasteiger partial charge in [0.05, 0.1) is 5.69 Å². The van der Waals surface area contributed by atoms with Crippen molar-refractivity contribution in [1.29, 1.82) is 0 Å². The lowest BCUT2D eigenvalue weighted by Crippen LogP contribution is -2.44. The quantitative estimate of drug-likeness (QED) is 0.729. The maximum absolute atomic E-state index is 13.1. The van der Waals surface area contributed by atoms with E-state index in [2.05, 4.69) is 20.4 Å². The Kier molecular flexibility index (Phi) is 4.51. The van der Waals surface area contributed by atoms with E-state index in [9.17, 15) is 9.18 Å². The average molecular weight is 386 g/mol. The van der Waals surface area contributed by atoms with Crippen LogP contribution in [-0.2, 0) is 5.54 Å². The van der Waals surface area contributed by atoms with Gasteiger partial charge in [-0.2, -0.15) is 4.98 Å². The maximum Gasteiger partial charge on any atom is 0.264 e. The Bertz CT molecular complexity index is 974. The first-order valence-corrected chi connectivity index (χ1v) is 9.65. The van der Waals surface area contributed by atoms with Crippen molar-refractivity contribution in [1.82, 2.24) is 20.4 Å². The highest BCUT2D eigenvalue weighted by Gasteiger charge is 2.41. The molecule has 1 aromatic carbocycles. The summed E-state index contributed by atoms with van der Waals surface area (Å²) in [5.74, 6) is 0.524. The smallest absolute Gasteiger partial charge is 0.264 e. The van der Waals surface area contributed by atoms with Crippen LogP contribution < -0.4 is 5.32 Å². The van der Waals surface area contributed by atoms with E-state index in [1.54, 1.807) is 26.0 Å². The molecule has 2 heterocycles. The van der Waals surface area contributed by atoms with E-state index in [-0.39, 0.29) is 11.7 Å². The van der Waals surface area contributed by atoms with Crippen molar-refractivity contribution in [3.63, 3.8) is 0 Å². The summed E-state index contributed by atoms with van der Waals surface area (Å²) in [6, 6.07) is 6.10. The van der Waals surface area contributed by atoms with E-state index in [0.717, 1.165) is 31.2 Å². The Morgan fingerprint density at radius 1 is 1.19 bits per heavy atom. The molecule has 1 fully saturated rings. The van der Waals surface area contributed by atoms with E-state index in [4.69, 9.17) is 4.52 Å². The van der Waals surface area contributed by atoms with Crippen LogP contribution in [0.3, 0.4) is 0 Å². The van der Waals surface area contributed by atoms with Crippen LogP contribution in [0.1, 0.15) is 52.8 Å². The molecule has 0 unspecified atom stereocenters. The molecule has 140 valence electrons. The molecule has 0 atom stereocenters. The fourth-order valence-corrected chi connectivity index (χ4v) is 4.44. The molecule has 27 heavy (non-hydrogen) atoms. The Hall–Kier alpha value is -2.61. The molecule has 0 radical (unpaired) electrons. The molecule has 1 amide bonds. The summed E-state index contributed by atoms with van der Waals surface area (Å²) in [5.41, 5.74) is 0.837. The van der Waals surface area contributed by atoms with Gasteiger partial charge in [0.2, 0.25) is 5.89 Å². The van der Waals surface area contributed by atoms with Gasteiger partial charge < -0.3 is 9.84 Å². The van der Waals surface area contributed by atoms with Gasteiger partial charge in [0.15, 0.2) is 5.82 Å². The molecule has 2 aromatic heterocycles. The third-order valence-electron chi connectivity index (χ3n) is 4.86. The van der Waals surface area contributed by atoms with Crippen LogP contribution in [0.5, 0.6) is 0 Å². The fourth-order valence-electron chi connectivity index (χ4n) is 3.47. The molecule has 4 rings (SSSR count). The highest BCUT2D eigenvalue weighted by atomic mass is 32.1. The van der Waals surface area contributed by atoms with Gasteiger partial charge in [0, 0.05) is 12.5 Å². The predicted octanol–water partition coefficient (Wildman–Crippen LogP) is 4.15. The Balaban J connectivity index is 1.62. The number of hydrogen-bond acceptors (Lipinski definition) is 6. The van der Waals surface area contributed by atoms with Crippen LogP contribution in [0, 0.1) is 19.7 Å². The molecule has 1 aliphatic rings. The Labute approximate surface area is 159 Å². The van der Waals surface area contributed by atoms with Crippen LogP contribution in [0.2, 0.25) is 0 Å². The van der Waals surface area contributed by atoms with Crippen LogP contribution in [0.4, 0.5) is 4.39 Å². The molecule has 1 saturated carbocycles. The normalized spacial score (nSPS) is 15.8. The topological polar surface area (TPSA) is 80.9 Å². The number of aromatic nitrogens is 3. The molecule has 8 heteroatoms. The minimum Gasteiger partial charge on any atom is -0.340 e. The van der Waals surface area contributed by atoms with Gasteiger partial charge in [-0.1, -0.05) is 18.0 Å². The Morgan fingerprint density at radius 3 is 2.52 bits per heavy atom. The van der Waals surface area contributed by atoms with Crippen molar-refractivity contribution in [2.24, 2.45) is 0 Å². The summed E-state index contributed by atoms with van der Waals surface area (Å²) < 4.78 is 18.3. The highest BCUT2D eigenvalue weighted by molar-refractivity contribution is 7.17. The summed E-state index contributed by atoms with van der Waals surface area (Å²) in [6.07, 6.45) is 3.55. The number of rotatable bonds is 4. The van der Waals surface area contributed by atoms with Gasteiger partial charge in [-0.25, -0.2) is 9.37 Å². The van der Waals surface area contributed by atoms with E-state index in [1.165, 1.54) is 23.5 Å². The zero-order chi connectivity index (χ0) is 19.0. The number of hydrogen-bond donors (Lipinski definition) is 1. The van der Waals surface area contributed by atoms with Gasteiger partial charge in [-0.05, 0) is 44.0 Å². The summed E-state index contributed by atoms with van der Waals surface area (Å²) in [4.78, 5) is 22.4. The molecule has 1 aliphatic carbocycles. The number of aryl methyl sites for hydroxylation is 2. The standard InChI is InChI=1S/C19H19FN4O2S/c1-11-15(27-17(21-11)13-5-7-14(20)8-6-13)16(25)23-19(9-3-4-10-19)18-22-12(2)26-24-18/h5-8H,3-4,9-10H2,1-2H3,(H,23,25). The summed E-state index contributed by atoms with van der Waals surface area (Å²) in [5, 5.41) is 7.88. The van der Waals surface area contributed by atoms with E-state index < -0.39 is 5.54 Å². The molecule has 6 nitrogen and oxygen atoms in total. The first-order chi connectivity index (χ1) is 13.0. The van der Waals surface area contributed by atoms with E-state index in [1.807, 2.05) is 0 Å². The molecule has 0 aliphatic heterocycles. The third-order valence-corrected chi connectivity index (χ3v) is 6.06. The van der Waals surface area contributed by atoms with Gasteiger partial charge in [0.25, 0.3) is 5.91 Å². The van der Waals surface area contributed by atoms with Crippen molar-refractivity contribution in [2.75, 3.05) is 0 Å². The largest absolute Gasteiger partial charge is 0.340 e. The van der Waals surface area contributed by atoms with Crippen molar-refractivity contribution in [2.45, 2.75) is 45.1 Å². The molecule has 0 bridgehead atoms. The zero-order valence-electron chi connectivity index (χ0n) is 15.1. The average Bonchev–Trinajstić information content (AvgIpc) is 3.36. The van der Waals surface area contributed by atoms with Crippen molar-refractivity contribution >= 4 is 17.2 Å². The van der Waals surface area contributed by atoms with Crippen molar-refractivity contribution in [3.8, 4) is 10.6 Å². The van der Waals surface area contributed by atoms with Crippen molar-refractivity contribution < 1.29 is 13.7 Å². The SMILES string of the molecule is Cc1nc(C2(NC(=O)c3sc(-c4ccc(F)cc4)nc3C)CCCC2)no1. The predicted molar refractivity (Wildman–Crippen MR) is 98.9 cm³/mol. The van der Waals surface area contributed by atoms with Gasteiger partial charge in [-0.3, -0.25) is 4.79 Å². The monoisotopic (exact) mass is 386 g/mol. The first-order valence-electron chi connectivity index (χ1n) is 8.83. The number of nitrogens with one attached hydrogen (secondary N) is 1. The second kappa shape index (κ2) is 6.84. The Morgan fingerprint density at radius 2 is 1.89 bits per heavy atom. The number of amides is 1. The maximum atomic E-state index is 13.1. The molecule has 0 saturated heterocycles. The lowest BCUT2D eigenvalue weighted by atomic mass is 9.96. The number of carbonyl (C=O) groups is 1. The lowest BCUT2D eigenvalue weighted by molar-refractivity contribution is 0.0895. The highest BCUT2D eigenvalue weighted by Crippen LogP contribution is 2.38. The first kappa shape index (κ1) is 17.8. The molecular formula is C19H19FN4O2S. The van der Waals surface area contributed by atoms with Gasteiger partial charge >= 0.3 is 0 Å². The van der Waals surface area contributed by atoms with E-state index in [0.29, 0.717) is 27.3 Å².